The van der Waals surface area contributed by atoms with E-state index in [1.807, 2.05) is 30.0 Å². The highest BCUT2D eigenvalue weighted by molar-refractivity contribution is 7.16. The van der Waals surface area contributed by atoms with E-state index in [4.69, 9.17) is 10.5 Å². The molecule has 2 unspecified atom stereocenters. The van der Waals surface area contributed by atoms with Crippen molar-refractivity contribution in [3.63, 3.8) is 0 Å². The van der Waals surface area contributed by atoms with Gasteiger partial charge in [-0.25, -0.2) is 14.8 Å². The number of methoxy groups -OCH3 is 1. The molecule has 0 bridgehead atoms. The van der Waals surface area contributed by atoms with Crippen molar-refractivity contribution in [2.45, 2.75) is 25.9 Å². The predicted octanol–water partition coefficient (Wildman–Crippen LogP) is 2.81. The number of anilines is 3. The molecule has 1 saturated heterocycles. The van der Waals surface area contributed by atoms with E-state index in [-0.39, 0.29) is 24.1 Å². The average Bonchev–Trinajstić information content (AvgIpc) is 3.18. The lowest BCUT2D eigenvalue weighted by atomic mass is 10.0. The summed E-state index contributed by atoms with van der Waals surface area (Å²) < 4.78 is 5.22. The number of nitrogens with one attached hydrogen (secondary N) is 1. The molecule has 4 rings (SSSR count). The molecule has 3 N–H and O–H groups in total. The van der Waals surface area contributed by atoms with Gasteiger partial charge in [-0.3, -0.25) is 0 Å². The number of piperazine rings is 1. The summed E-state index contributed by atoms with van der Waals surface area (Å²) in [6.07, 6.45) is 0. The molecule has 0 aliphatic carbocycles. The van der Waals surface area contributed by atoms with Gasteiger partial charge in [-0.05, 0) is 26.0 Å². The van der Waals surface area contributed by atoms with Gasteiger partial charge in [0.1, 0.15) is 11.3 Å². The van der Waals surface area contributed by atoms with Crippen molar-refractivity contribution < 1.29 is 9.53 Å². The fourth-order valence-corrected chi connectivity index (χ4v) is 4.25. The number of urea groups is 1. The summed E-state index contributed by atoms with van der Waals surface area (Å²) in [6.45, 7) is 5.29. The molecule has 3 aromatic rings. The summed E-state index contributed by atoms with van der Waals surface area (Å²) in [5.74, 6) is 1.65. The first-order chi connectivity index (χ1) is 14.0. The number of amides is 2. The van der Waals surface area contributed by atoms with Gasteiger partial charge in [-0.15, -0.1) is 11.3 Å². The summed E-state index contributed by atoms with van der Waals surface area (Å²) in [7, 11) is 1.60. The standard InChI is InChI=1S/C19H23N7O2S/c1-11-12(2)26(19(27)22-13-5-4-6-14(9-13)28-3)8-7-25(11)16-15-17(29-10-21-15)24-18(20)23-16/h4-6,9-12H,7-8H2,1-3H3,(H,22,27)(H2,20,23,24). The zero-order valence-electron chi connectivity index (χ0n) is 16.5. The molecule has 3 heterocycles. The number of ether oxygens (including phenoxy) is 1. The third-order valence-electron chi connectivity index (χ3n) is 5.31. The highest BCUT2D eigenvalue weighted by Crippen LogP contribution is 2.30. The number of thiazole rings is 1. The first kappa shape index (κ1) is 19.2. The highest BCUT2D eigenvalue weighted by atomic mass is 32.1. The average molecular weight is 414 g/mol. The lowest BCUT2D eigenvalue weighted by Gasteiger charge is -2.45. The molecular weight excluding hydrogens is 390 g/mol. The van der Waals surface area contributed by atoms with Gasteiger partial charge in [-0.1, -0.05) is 6.07 Å². The highest BCUT2D eigenvalue weighted by Gasteiger charge is 2.35. The molecule has 29 heavy (non-hydrogen) atoms. The van der Waals surface area contributed by atoms with E-state index < -0.39 is 0 Å². The normalized spacial score (nSPS) is 19.4. The zero-order chi connectivity index (χ0) is 20.5. The number of hydrogen-bond donors (Lipinski definition) is 2. The van der Waals surface area contributed by atoms with E-state index in [2.05, 4.69) is 32.1 Å². The van der Waals surface area contributed by atoms with Crippen LogP contribution in [0.3, 0.4) is 0 Å². The van der Waals surface area contributed by atoms with Crippen molar-refractivity contribution in [2.75, 3.05) is 36.1 Å². The largest absolute Gasteiger partial charge is 0.497 e. The van der Waals surface area contributed by atoms with Crippen LogP contribution in [0.1, 0.15) is 13.8 Å². The summed E-state index contributed by atoms with van der Waals surface area (Å²) in [6, 6.07) is 7.16. The Morgan fingerprint density at radius 2 is 2.10 bits per heavy atom. The fraction of sp³-hybridized carbons (Fsp3) is 0.368. The molecule has 2 atom stereocenters. The van der Waals surface area contributed by atoms with E-state index in [9.17, 15) is 4.79 Å². The Labute approximate surface area is 172 Å². The van der Waals surface area contributed by atoms with E-state index in [1.54, 1.807) is 18.7 Å². The van der Waals surface area contributed by atoms with Crippen molar-refractivity contribution in [3.8, 4) is 5.75 Å². The molecule has 0 saturated carbocycles. The number of fused-ring (bicyclic) bond motifs is 1. The number of nitrogens with zero attached hydrogens (tertiary/aromatic N) is 5. The molecule has 0 radical (unpaired) electrons. The van der Waals surface area contributed by atoms with Gasteiger partial charge in [0, 0.05) is 30.9 Å². The second-order valence-electron chi connectivity index (χ2n) is 6.94. The summed E-state index contributed by atoms with van der Waals surface area (Å²) in [4.78, 5) is 30.8. The smallest absolute Gasteiger partial charge is 0.322 e. The minimum Gasteiger partial charge on any atom is -0.497 e. The molecule has 1 aliphatic heterocycles. The van der Waals surface area contributed by atoms with Gasteiger partial charge < -0.3 is 25.6 Å². The summed E-state index contributed by atoms with van der Waals surface area (Å²) in [5.41, 5.74) is 9.09. The Hall–Kier alpha value is -3.14. The summed E-state index contributed by atoms with van der Waals surface area (Å²) in [5, 5.41) is 2.96. The van der Waals surface area contributed by atoms with E-state index in [0.29, 0.717) is 24.5 Å². The third-order valence-corrected chi connectivity index (χ3v) is 6.03. The van der Waals surface area contributed by atoms with Crippen LogP contribution in [0, 0.1) is 0 Å². The van der Waals surface area contributed by atoms with Crippen LogP contribution in [-0.2, 0) is 0 Å². The maximum Gasteiger partial charge on any atom is 0.322 e. The van der Waals surface area contributed by atoms with Crippen LogP contribution >= 0.6 is 11.3 Å². The SMILES string of the molecule is COc1cccc(NC(=O)N2CCN(c3nc(N)nc4scnc34)C(C)C2C)c1. The monoisotopic (exact) mass is 413 g/mol. The number of nitrogens with two attached hydrogens (primary N) is 1. The van der Waals surface area contributed by atoms with Gasteiger partial charge in [0.05, 0.1) is 18.7 Å². The minimum absolute atomic E-state index is 0.0269. The first-order valence-electron chi connectivity index (χ1n) is 9.33. The molecule has 1 fully saturated rings. The van der Waals surface area contributed by atoms with Crippen LogP contribution in [0.15, 0.2) is 29.8 Å². The van der Waals surface area contributed by atoms with Gasteiger partial charge in [0.15, 0.2) is 10.6 Å². The van der Waals surface area contributed by atoms with Crippen molar-refractivity contribution in [1.82, 2.24) is 19.9 Å². The number of benzene rings is 1. The quantitative estimate of drug-likeness (QED) is 0.679. The van der Waals surface area contributed by atoms with Crippen LogP contribution in [0.25, 0.3) is 10.3 Å². The number of hydrogen-bond acceptors (Lipinski definition) is 8. The van der Waals surface area contributed by atoms with Crippen molar-refractivity contribution in [2.24, 2.45) is 0 Å². The Morgan fingerprint density at radius 1 is 1.28 bits per heavy atom. The summed E-state index contributed by atoms with van der Waals surface area (Å²) >= 11 is 1.44. The minimum atomic E-state index is -0.141. The molecule has 2 amide bonds. The number of aromatic nitrogens is 3. The van der Waals surface area contributed by atoms with Crippen molar-refractivity contribution >= 4 is 45.2 Å². The number of carbonyl (C=O) groups excluding carboxylic acids is 1. The maximum atomic E-state index is 12.9. The zero-order valence-corrected chi connectivity index (χ0v) is 17.3. The molecule has 9 nitrogen and oxygen atoms in total. The van der Waals surface area contributed by atoms with E-state index in [0.717, 1.165) is 16.2 Å². The molecule has 10 heteroatoms. The predicted molar refractivity (Wildman–Crippen MR) is 115 cm³/mol. The molecule has 1 aromatic carbocycles. The maximum absolute atomic E-state index is 12.9. The van der Waals surface area contributed by atoms with Crippen LogP contribution in [0.5, 0.6) is 5.75 Å². The Morgan fingerprint density at radius 3 is 2.90 bits per heavy atom. The molecule has 1 aliphatic rings. The van der Waals surface area contributed by atoms with Gasteiger partial charge >= 0.3 is 6.03 Å². The fourth-order valence-electron chi connectivity index (χ4n) is 3.59. The topological polar surface area (TPSA) is 110 Å². The number of carbonyl (C=O) groups is 1. The third kappa shape index (κ3) is 3.63. The van der Waals surface area contributed by atoms with Crippen LogP contribution in [0.2, 0.25) is 0 Å². The van der Waals surface area contributed by atoms with Crippen LogP contribution in [-0.4, -0.2) is 58.2 Å². The molecular formula is C19H23N7O2S. The second kappa shape index (κ2) is 7.70. The molecule has 0 spiro atoms. The Bertz CT molecular complexity index is 1040. The number of rotatable bonds is 3. The van der Waals surface area contributed by atoms with Crippen LogP contribution in [0.4, 0.5) is 22.2 Å². The van der Waals surface area contributed by atoms with Crippen molar-refractivity contribution in [1.29, 1.82) is 0 Å². The number of nitrogen functional groups attached to an aromatic ring is 1. The lowest BCUT2D eigenvalue weighted by molar-refractivity contribution is 0.168. The Balaban J connectivity index is 1.53. The van der Waals surface area contributed by atoms with Gasteiger partial charge in [-0.2, -0.15) is 4.98 Å². The van der Waals surface area contributed by atoms with Crippen molar-refractivity contribution in [3.05, 3.63) is 29.8 Å². The molecule has 2 aromatic heterocycles. The van der Waals surface area contributed by atoms with E-state index in [1.165, 1.54) is 11.3 Å². The van der Waals surface area contributed by atoms with E-state index >= 15 is 0 Å². The van der Waals surface area contributed by atoms with Crippen LogP contribution < -0.4 is 20.7 Å². The lowest BCUT2D eigenvalue weighted by Crippen LogP contribution is -2.60. The first-order valence-corrected chi connectivity index (χ1v) is 10.2. The second-order valence-corrected chi connectivity index (χ2v) is 7.77. The Kier molecular flexibility index (Phi) is 5.10. The van der Waals surface area contributed by atoms with Gasteiger partial charge in [0.2, 0.25) is 5.95 Å². The molecule has 152 valence electrons. The van der Waals surface area contributed by atoms with Gasteiger partial charge in [0.25, 0.3) is 0 Å².